The van der Waals surface area contributed by atoms with E-state index < -0.39 is 0 Å². The van der Waals surface area contributed by atoms with Crippen LogP contribution in [-0.2, 0) is 13.5 Å². The molecule has 1 aliphatic rings. The molecule has 0 unspecified atom stereocenters. The van der Waals surface area contributed by atoms with Crippen molar-refractivity contribution in [3.8, 4) is 0 Å². The number of hydrogen-bond donors (Lipinski definition) is 2. The number of piperazine rings is 1. The van der Waals surface area contributed by atoms with Crippen molar-refractivity contribution in [1.82, 2.24) is 29.8 Å². The summed E-state index contributed by atoms with van der Waals surface area (Å²) in [4.78, 5) is 20.7. The molecule has 2 N–H and O–H groups in total. The van der Waals surface area contributed by atoms with Crippen LogP contribution in [0.15, 0.2) is 61.2 Å². The fraction of sp³-hybridized carbons (Fsp3) is 0.286. The van der Waals surface area contributed by atoms with Crippen molar-refractivity contribution in [2.75, 3.05) is 29.9 Å². The average Bonchev–Trinajstić information content (AvgIpc) is 3.25. The van der Waals surface area contributed by atoms with Crippen LogP contribution in [0.25, 0.3) is 22.1 Å². The molecule has 8 nitrogen and oxygen atoms in total. The molecule has 0 saturated carbocycles. The van der Waals surface area contributed by atoms with Crippen molar-refractivity contribution in [3.63, 3.8) is 0 Å². The first-order valence-electron chi connectivity index (χ1n) is 12.4. The van der Waals surface area contributed by atoms with Crippen LogP contribution in [0.1, 0.15) is 23.6 Å². The first kappa shape index (κ1) is 22.4. The molecule has 1 atom stereocenters. The van der Waals surface area contributed by atoms with Gasteiger partial charge in [-0.1, -0.05) is 12.1 Å². The maximum absolute atomic E-state index is 4.95. The van der Waals surface area contributed by atoms with Gasteiger partial charge < -0.3 is 20.1 Å². The maximum Gasteiger partial charge on any atom is 0.160 e. The summed E-state index contributed by atoms with van der Waals surface area (Å²) in [5, 5.41) is 6.97. The van der Waals surface area contributed by atoms with Gasteiger partial charge in [0.25, 0.3) is 0 Å². The zero-order valence-corrected chi connectivity index (χ0v) is 20.9. The minimum Gasteiger partial charge on any atom is -0.354 e. The van der Waals surface area contributed by atoms with Crippen LogP contribution in [0.3, 0.4) is 0 Å². The van der Waals surface area contributed by atoms with Crippen LogP contribution in [-0.4, -0.2) is 50.2 Å². The number of rotatable bonds is 5. The summed E-state index contributed by atoms with van der Waals surface area (Å²) < 4.78 is 2.05. The Bertz CT molecular complexity index is 1560. The van der Waals surface area contributed by atoms with Gasteiger partial charge in [-0.2, -0.15) is 0 Å². The molecule has 1 saturated heterocycles. The second-order valence-corrected chi connectivity index (χ2v) is 9.68. The summed E-state index contributed by atoms with van der Waals surface area (Å²) >= 11 is 0. The Labute approximate surface area is 210 Å². The monoisotopic (exact) mass is 478 g/mol. The van der Waals surface area contributed by atoms with E-state index in [1.54, 1.807) is 6.33 Å². The van der Waals surface area contributed by atoms with Crippen LogP contribution in [0, 0.1) is 6.92 Å². The summed E-state index contributed by atoms with van der Waals surface area (Å²) in [6.45, 7) is 7.18. The topological polar surface area (TPSA) is 83.8 Å². The van der Waals surface area contributed by atoms with Gasteiger partial charge in [0, 0.05) is 38.4 Å². The predicted octanol–water partition coefficient (Wildman–Crippen LogP) is 4.35. The van der Waals surface area contributed by atoms with Gasteiger partial charge in [0.05, 0.1) is 22.9 Å². The highest BCUT2D eigenvalue weighted by Crippen LogP contribution is 2.27. The van der Waals surface area contributed by atoms with E-state index in [0.717, 1.165) is 65.4 Å². The standard InChI is InChI=1S/C28H30N8/c1-18-12-22(6-5-21(18)13-20-4-8-25-24(14-20)32-17-35(25)3)33-28-27-23(30-16-31-28)7-9-26(34-27)36-11-10-29-19(2)15-36/h4-9,12,14,16-17,19,29H,10-11,13,15H2,1-3H3,(H,30,31,33)/t19-/m1/s1. The largest absolute Gasteiger partial charge is 0.354 e. The minimum absolute atomic E-state index is 0.438. The Morgan fingerprint density at radius 2 is 1.94 bits per heavy atom. The number of aromatic nitrogens is 5. The molecule has 36 heavy (non-hydrogen) atoms. The Morgan fingerprint density at radius 1 is 1.03 bits per heavy atom. The van der Waals surface area contributed by atoms with E-state index in [0.29, 0.717) is 6.04 Å². The van der Waals surface area contributed by atoms with Crippen molar-refractivity contribution >= 4 is 39.4 Å². The summed E-state index contributed by atoms with van der Waals surface area (Å²) in [7, 11) is 2.02. The molecular weight excluding hydrogens is 448 g/mol. The molecule has 182 valence electrons. The second-order valence-electron chi connectivity index (χ2n) is 9.68. The molecule has 0 spiro atoms. The van der Waals surface area contributed by atoms with Crippen molar-refractivity contribution in [3.05, 3.63) is 77.9 Å². The van der Waals surface area contributed by atoms with E-state index in [9.17, 15) is 0 Å². The van der Waals surface area contributed by atoms with Crippen molar-refractivity contribution in [1.29, 1.82) is 0 Å². The number of anilines is 3. The molecule has 0 amide bonds. The highest BCUT2D eigenvalue weighted by atomic mass is 15.2. The molecule has 0 aliphatic carbocycles. The number of benzene rings is 2. The molecule has 6 rings (SSSR count). The predicted molar refractivity (Wildman–Crippen MR) is 145 cm³/mol. The van der Waals surface area contributed by atoms with Crippen LogP contribution in [0.5, 0.6) is 0 Å². The Kier molecular flexibility index (Phi) is 5.73. The first-order chi connectivity index (χ1) is 17.5. The summed E-state index contributed by atoms with van der Waals surface area (Å²) in [6.07, 6.45) is 4.32. The fourth-order valence-corrected chi connectivity index (χ4v) is 4.96. The summed E-state index contributed by atoms with van der Waals surface area (Å²) in [5.74, 6) is 1.68. The van der Waals surface area contributed by atoms with Gasteiger partial charge in [-0.25, -0.2) is 19.9 Å². The molecule has 1 fully saturated rings. The average molecular weight is 479 g/mol. The third-order valence-corrected chi connectivity index (χ3v) is 6.95. The molecule has 1 aliphatic heterocycles. The molecule has 8 heteroatoms. The second kappa shape index (κ2) is 9.20. The minimum atomic E-state index is 0.438. The zero-order valence-electron chi connectivity index (χ0n) is 20.9. The van der Waals surface area contributed by atoms with Gasteiger partial charge in [-0.15, -0.1) is 0 Å². The van der Waals surface area contributed by atoms with E-state index in [1.807, 2.05) is 24.0 Å². The Hall–Kier alpha value is -4.04. The molecular formula is C28H30N8. The SMILES string of the molecule is Cc1cc(Nc2ncnc3ccc(N4CCN[C@H](C)C4)nc23)ccc1Cc1ccc2c(c1)ncn2C. The van der Waals surface area contributed by atoms with E-state index in [-0.39, 0.29) is 0 Å². The number of nitrogens with zero attached hydrogens (tertiary/aromatic N) is 6. The van der Waals surface area contributed by atoms with E-state index in [4.69, 9.17) is 4.98 Å². The highest BCUT2D eigenvalue weighted by Gasteiger charge is 2.18. The van der Waals surface area contributed by atoms with Crippen molar-refractivity contribution < 1.29 is 0 Å². The number of fused-ring (bicyclic) bond motifs is 2. The lowest BCUT2D eigenvalue weighted by Gasteiger charge is -2.32. The maximum atomic E-state index is 4.95. The fourth-order valence-electron chi connectivity index (χ4n) is 4.96. The molecule has 2 aromatic carbocycles. The molecule has 0 bridgehead atoms. The summed E-state index contributed by atoms with van der Waals surface area (Å²) in [6, 6.07) is 17.5. The summed E-state index contributed by atoms with van der Waals surface area (Å²) in [5.41, 5.74) is 8.55. The lowest BCUT2D eigenvalue weighted by molar-refractivity contribution is 0.482. The third kappa shape index (κ3) is 4.35. The van der Waals surface area contributed by atoms with Crippen LogP contribution in [0.2, 0.25) is 0 Å². The molecule has 3 aromatic heterocycles. The van der Waals surface area contributed by atoms with E-state index in [2.05, 4.69) is 86.8 Å². The van der Waals surface area contributed by atoms with E-state index in [1.165, 1.54) is 16.7 Å². The van der Waals surface area contributed by atoms with Crippen molar-refractivity contribution in [2.45, 2.75) is 26.3 Å². The quantitative estimate of drug-likeness (QED) is 0.388. The normalized spacial score (nSPS) is 16.1. The van der Waals surface area contributed by atoms with Gasteiger partial charge in [-0.05, 0) is 73.4 Å². The molecule has 4 heterocycles. The van der Waals surface area contributed by atoms with Gasteiger partial charge in [0.1, 0.15) is 17.7 Å². The van der Waals surface area contributed by atoms with Gasteiger partial charge in [-0.3, -0.25) is 0 Å². The number of pyridine rings is 1. The number of imidazole rings is 1. The van der Waals surface area contributed by atoms with Crippen LogP contribution in [0.4, 0.5) is 17.3 Å². The Balaban J connectivity index is 1.25. The Morgan fingerprint density at radius 3 is 2.81 bits per heavy atom. The third-order valence-electron chi connectivity index (χ3n) is 6.95. The lowest BCUT2D eigenvalue weighted by atomic mass is 9.99. The zero-order chi connectivity index (χ0) is 24.6. The van der Waals surface area contributed by atoms with Gasteiger partial charge in [0.15, 0.2) is 5.82 Å². The highest BCUT2D eigenvalue weighted by molar-refractivity contribution is 5.88. The number of nitrogens with one attached hydrogen (secondary N) is 2. The van der Waals surface area contributed by atoms with Gasteiger partial charge >= 0.3 is 0 Å². The molecule has 0 radical (unpaired) electrons. The van der Waals surface area contributed by atoms with Crippen LogP contribution < -0.4 is 15.5 Å². The van der Waals surface area contributed by atoms with Gasteiger partial charge in [0.2, 0.25) is 0 Å². The van der Waals surface area contributed by atoms with Crippen LogP contribution >= 0.6 is 0 Å². The van der Waals surface area contributed by atoms with E-state index >= 15 is 0 Å². The number of aryl methyl sites for hydroxylation is 2. The first-order valence-corrected chi connectivity index (χ1v) is 12.4. The number of hydrogen-bond acceptors (Lipinski definition) is 7. The molecule has 5 aromatic rings. The lowest BCUT2D eigenvalue weighted by Crippen LogP contribution is -2.49. The van der Waals surface area contributed by atoms with Crippen molar-refractivity contribution in [2.24, 2.45) is 7.05 Å². The smallest absolute Gasteiger partial charge is 0.160 e.